The summed E-state index contributed by atoms with van der Waals surface area (Å²) in [6.07, 6.45) is 1.76. The molecular weight excluding hydrogens is 472 g/mol. The summed E-state index contributed by atoms with van der Waals surface area (Å²) in [5.74, 6) is 1.23. The Morgan fingerprint density at radius 3 is 2.56 bits per heavy atom. The van der Waals surface area contributed by atoms with Crippen LogP contribution >= 0.6 is 0 Å². The van der Waals surface area contributed by atoms with Gasteiger partial charge in [-0.15, -0.1) is 0 Å². The largest absolute Gasteiger partial charge is 0.473 e. The van der Waals surface area contributed by atoms with E-state index in [4.69, 9.17) is 4.74 Å². The maximum atomic E-state index is 13.4. The van der Waals surface area contributed by atoms with Crippen molar-refractivity contribution in [2.24, 2.45) is 11.8 Å². The molecular formula is C28H34N4O3S. The summed E-state index contributed by atoms with van der Waals surface area (Å²) in [4.78, 5) is 9.38. The quantitative estimate of drug-likeness (QED) is 0.516. The first-order valence-electron chi connectivity index (χ1n) is 12.7. The molecule has 0 saturated carbocycles. The van der Waals surface area contributed by atoms with Crippen LogP contribution in [-0.2, 0) is 10.0 Å². The molecule has 1 aromatic heterocycles. The summed E-state index contributed by atoms with van der Waals surface area (Å²) in [5.41, 5.74) is 4.72. The van der Waals surface area contributed by atoms with Gasteiger partial charge < -0.3 is 10.1 Å². The topological polar surface area (TPSA) is 93.2 Å². The normalized spacial score (nSPS) is 23.0. The minimum atomic E-state index is -3.89. The lowest BCUT2D eigenvalue weighted by Crippen LogP contribution is -2.38. The van der Waals surface area contributed by atoms with Crippen molar-refractivity contribution in [2.45, 2.75) is 57.5 Å². The maximum Gasteiger partial charge on any atom is 0.264 e. The molecule has 2 aromatic carbocycles. The second kappa shape index (κ2) is 9.82. The van der Waals surface area contributed by atoms with Crippen molar-refractivity contribution in [3.8, 4) is 17.1 Å². The predicted molar refractivity (Wildman–Crippen MR) is 142 cm³/mol. The first-order valence-corrected chi connectivity index (χ1v) is 14.2. The highest BCUT2D eigenvalue weighted by Crippen LogP contribution is 2.39. The molecule has 0 spiro atoms. The Morgan fingerprint density at radius 1 is 1.06 bits per heavy atom. The van der Waals surface area contributed by atoms with E-state index in [0.29, 0.717) is 24.0 Å². The molecule has 2 N–H and O–H groups in total. The number of ether oxygens (including phenoxy) is 1. The van der Waals surface area contributed by atoms with Gasteiger partial charge in [0.05, 0.1) is 10.6 Å². The smallest absolute Gasteiger partial charge is 0.264 e. The number of hydrogen-bond acceptors (Lipinski definition) is 6. The Kier molecular flexibility index (Phi) is 6.74. The van der Waals surface area contributed by atoms with Gasteiger partial charge in [-0.2, -0.15) is 4.98 Å². The molecule has 3 heterocycles. The maximum absolute atomic E-state index is 13.4. The van der Waals surface area contributed by atoms with Crippen molar-refractivity contribution in [3.05, 3.63) is 65.2 Å². The van der Waals surface area contributed by atoms with Crippen LogP contribution in [0.1, 0.15) is 49.3 Å². The van der Waals surface area contributed by atoms with E-state index in [1.54, 1.807) is 12.1 Å². The molecule has 0 radical (unpaired) electrons. The predicted octanol–water partition coefficient (Wildman–Crippen LogP) is 5.06. The summed E-state index contributed by atoms with van der Waals surface area (Å²) >= 11 is 0. The van der Waals surface area contributed by atoms with E-state index in [1.165, 1.54) is 0 Å². The van der Waals surface area contributed by atoms with Crippen LogP contribution in [0.2, 0.25) is 0 Å². The summed E-state index contributed by atoms with van der Waals surface area (Å²) < 4.78 is 36.1. The lowest BCUT2D eigenvalue weighted by molar-refractivity contribution is 0.105. The summed E-state index contributed by atoms with van der Waals surface area (Å²) in [5, 5.41) is 3.54. The Labute approximate surface area is 213 Å². The number of anilines is 1. The van der Waals surface area contributed by atoms with Crippen LogP contribution in [-0.4, -0.2) is 37.6 Å². The number of aryl methyl sites for hydroxylation is 2. The monoisotopic (exact) mass is 506 g/mol. The summed E-state index contributed by atoms with van der Waals surface area (Å²) in [7, 11) is -3.89. The first kappa shape index (κ1) is 24.7. The Hall–Kier alpha value is -2.97. The van der Waals surface area contributed by atoms with Crippen molar-refractivity contribution in [1.29, 1.82) is 0 Å². The van der Waals surface area contributed by atoms with E-state index in [1.807, 2.05) is 50.2 Å². The summed E-state index contributed by atoms with van der Waals surface area (Å²) in [6.45, 7) is 10.0. The van der Waals surface area contributed by atoms with Crippen LogP contribution in [0.15, 0.2) is 53.4 Å². The minimum Gasteiger partial charge on any atom is -0.473 e. The van der Waals surface area contributed by atoms with Gasteiger partial charge in [-0.25, -0.2) is 18.1 Å². The number of sulfonamides is 1. The molecule has 2 aliphatic heterocycles. The number of fused-ring (bicyclic) bond motifs is 7. The highest BCUT2D eigenvalue weighted by molar-refractivity contribution is 7.92. The Balaban J connectivity index is 1.72. The molecule has 8 heteroatoms. The van der Waals surface area contributed by atoms with E-state index in [-0.39, 0.29) is 28.8 Å². The fraction of sp³-hybridized carbons (Fsp3) is 0.429. The molecule has 7 nitrogen and oxygen atoms in total. The Morgan fingerprint density at radius 2 is 1.81 bits per heavy atom. The lowest BCUT2D eigenvalue weighted by atomic mass is 9.77. The van der Waals surface area contributed by atoms with Crippen LogP contribution in [0.3, 0.4) is 0 Å². The van der Waals surface area contributed by atoms with Gasteiger partial charge in [0, 0.05) is 24.1 Å². The van der Waals surface area contributed by atoms with Crippen molar-refractivity contribution in [1.82, 2.24) is 15.3 Å². The molecule has 6 bridgehead atoms. The van der Waals surface area contributed by atoms with Crippen LogP contribution in [0, 0.1) is 25.7 Å². The molecule has 190 valence electrons. The highest BCUT2D eigenvalue weighted by Gasteiger charge is 2.36. The number of rotatable bonds is 3. The molecule has 3 unspecified atom stereocenters. The van der Waals surface area contributed by atoms with Crippen molar-refractivity contribution >= 4 is 16.0 Å². The molecule has 0 aliphatic carbocycles. The zero-order chi connectivity index (χ0) is 25.4. The van der Waals surface area contributed by atoms with E-state index in [9.17, 15) is 8.42 Å². The number of nitrogens with zero attached hydrogens (tertiary/aromatic N) is 2. The molecule has 1 saturated heterocycles. The van der Waals surface area contributed by atoms with E-state index >= 15 is 0 Å². The molecule has 0 amide bonds. The standard InChI is InChI=1S/C28H34N4O3S/c1-17(2)13-23-22-11-12-29-16-25(23)35-26-15-24(27-18(3)7-5-8-19(27)4)30-28(31-26)32-36(33,34)21-10-6-9-20(22)14-21/h5-10,14-15,17,22-23,25,29H,11-13,16H2,1-4H3,(H,30,31,32). The third-order valence-electron chi connectivity index (χ3n) is 7.25. The van der Waals surface area contributed by atoms with E-state index in [2.05, 4.69) is 33.9 Å². The SMILES string of the molecule is Cc1cccc(C)c1-c1cc2nc(n1)NS(=O)(=O)c1cccc(c1)C1CCNCC(O2)C1CC(C)C. The average molecular weight is 507 g/mol. The minimum absolute atomic E-state index is 0.00895. The fourth-order valence-electron chi connectivity index (χ4n) is 5.65. The zero-order valence-electron chi connectivity index (χ0n) is 21.3. The summed E-state index contributed by atoms with van der Waals surface area (Å²) in [6, 6.07) is 15.2. The average Bonchev–Trinajstić information content (AvgIpc) is 3.00. The van der Waals surface area contributed by atoms with Gasteiger partial charge in [0.2, 0.25) is 11.8 Å². The van der Waals surface area contributed by atoms with Gasteiger partial charge in [-0.3, -0.25) is 0 Å². The van der Waals surface area contributed by atoms with Crippen LogP contribution < -0.4 is 14.8 Å². The molecule has 2 aliphatic rings. The Bertz CT molecular complexity index is 1350. The number of nitrogens with one attached hydrogen (secondary N) is 2. The zero-order valence-corrected chi connectivity index (χ0v) is 22.1. The second-order valence-electron chi connectivity index (χ2n) is 10.4. The molecule has 36 heavy (non-hydrogen) atoms. The molecule has 3 atom stereocenters. The van der Waals surface area contributed by atoms with Crippen molar-refractivity contribution < 1.29 is 13.2 Å². The van der Waals surface area contributed by atoms with Gasteiger partial charge >= 0.3 is 0 Å². The van der Waals surface area contributed by atoms with E-state index in [0.717, 1.165) is 41.6 Å². The van der Waals surface area contributed by atoms with E-state index < -0.39 is 10.0 Å². The number of aromatic nitrogens is 2. The molecule has 3 aromatic rings. The third kappa shape index (κ3) is 4.97. The van der Waals surface area contributed by atoms with Gasteiger partial charge in [-0.1, -0.05) is 44.2 Å². The second-order valence-corrected chi connectivity index (χ2v) is 12.1. The fourth-order valence-corrected chi connectivity index (χ4v) is 6.65. The van der Waals surface area contributed by atoms with Crippen molar-refractivity contribution in [3.63, 3.8) is 0 Å². The van der Waals surface area contributed by atoms with Crippen LogP contribution in [0.5, 0.6) is 5.88 Å². The van der Waals surface area contributed by atoms with Gasteiger partial charge in [0.15, 0.2) is 0 Å². The first-order chi connectivity index (χ1) is 17.2. The van der Waals surface area contributed by atoms with Gasteiger partial charge in [0.25, 0.3) is 10.0 Å². The van der Waals surface area contributed by atoms with Gasteiger partial charge in [-0.05, 0) is 73.9 Å². The van der Waals surface area contributed by atoms with Crippen LogP contribution in [0.25, 0.3) is 11.3 Å². The molecule has 5 rings (SSSR count). The lowest BCUT2D eigenvalue weighted by Gasteiger charge is -2.33. The number of hydrogen-bond donors (Lipinski definition) is 2. The third-order valence-corrected chi connectivity index (χ3v) is 8.58. The van der Waals surface area contributed by atoms with Gasteiger partial charge in [0.1, 0.15) is 6.10 Å². The number of benzene rings is 2. The molecule has 1 fully saturated rings. The van der Waals surface area contributed by atoms with Crippen molar-refractivity contribution in [2.75, 3.05) is 17.8 Å². The highest BCUT2D eigenvalue weighted by atomic mass is 32.2. The van der Waals surface area contributed by atoms with Crippen LogP contribution in [0.4, 0.5) is 5.95 Å².